The summed E-state index contributed by atoms with van der Waals surface area (Å²) < 4.78 is 23.5. The predicted octanol–water partition coefficient (Wildman–Crippen LogP) is 2.25. The molecule has 1 aliphatic heterocycles. The fourth-order valence-corrected chi connectivity index (χ4v) is 5.06. The molecule has 5 rings (SSSR count). The molecule has 0 amide bonds. The van der Waals surface area contributed by atoms with Gasteiger partial charge in [0.2, 0.25) is 0 Å². The van der Waals surface area contributed by atoms with Crippen LogP contribution in [0.15, 0.2) is 94.6 Å². The third-order valence-electron chi connectivity index (χ3n) is 7.15. The Morgan fingerprint density at radius 2 is 1.35 bits per heavy atom. The highest BCUT2D eigenvalue weighted by atomic mass is 16.6. The van der Waals surface area contributed by atoms with E-state index in [1.54, 1.807) is 14.2 Å². The second-order valence-electron chi connectivity index (χ2n) is 9.42. The second kappa shape index (κ2) is 11.5. The highest BCUT2D eigenvalue weighted by molar-refractivity contribution is 5.49. The van der Waals surface area contributed by atoms with E-state index < -0.39 is 41.3 Å². The number of rotatable bonds is 9. The Morgan fingerprint density at radius 3 is 1.88 bits per heavy atom. The van der Waals surface area contributed by atoms with Crippen molar-refractivity contribution in [1.29, 1.82) is 0 Å². The number of nitrogens with one attached hydrogen (secondary N) is 2. The molecule has 2 heterocycles. The van der Waals surface area contributed by atoms with Crippen molar-refractivity contribution in [1.82, 2.24) is 9.97 Å². The van der Waals surface area contributed by atoms with E-state index in [2.05, 4.69) is 9.97 Å². The minimum Gasteiger partial charge on any atom is -0.497 e. The molecule has 0 unspecified atom stereocenters. The van der Waals surface area contributed by atoms with Crippen molar-refractivity contribution in [3.63, 3.8) is 0 Å². The molecule has 0 aliphatic carbocycles. The number of hydrogen-bond donors (Lipinski definition) is 4. The Kier molecular flexibility index (Phi) is 7.85. The Labute approximate surface area is 229 Å². The number of ether oxygens (including phenoxy) is 4. The van der Waals surface area contributed by atoms with Crippen molar-refractivity contribution in [2.75, 3.05) is 20.8 Å². The fraction of sp³-hybridized carbons (Fsp3) is 0.267. The summed E-state index contributed by atoms with van der Waals surface area (Å²) in [5.41, 5.74) is -0.190. The minimum atomic E-state index is -1.42. The van der Waals surface area contributed by atoms with Crippen LogP contribution in [0.25, 0.3) is 0 Å². The van der Waals surface area contributed by atoms with Gasteiger partial charge in [0.15, 0.2) is 0 Å². The molecule has 4 aromatic rings. The van der Waals surface area contributed by atoms with Gasteiger partial charge in [0.05, 0.1) is 26.4 Å². The number of hydrogen-bond acceptors (Lipinski definition) is 8. The molecule has 3 aromatic carbocycles. The van der Waals surface area contributed by atoms with Gasteiger partial charge >= 0.3 is 5.69 Å². The molecule has 1 saturated heterocycles. The lowest BCUT2D eigenvalue weighted by molar-refractivity contribution is -0.0830. The monoisotopic (exact) mass is 546 g/mol. The van der Waals surface area contributed by atoms with Crippen molar-refractivity contribution < 1.29 is 29.2 Å². The third-order valence-corrected chi connectivity index (χ3v) is 7.15. The lowest BCUT2D eigenvalue weighted by Gasteiger charge is -2.37. The molecule has 0 radical (unpaired) electrons. The number of H-pyrrole nitrogens is 2. The lowest BCUT2D eigenvalue weighted by atomic mass is 9.80. The summed E-state index contributed by atoms with van der Waals surface area (Å²) in [5, 5.41) is 21.7. The van der Waals surface area contributed by atoms with Crippen molar-refractivity contribution in [3.8, 4) is 11.5 Å². The molecule has 1 aliphatic rings. The van der Waals surface area contributed by atoms with Gasteiger partial charge in [-0.15, -0.1) is 0 Å². The van der Waals surface area contributed by atoms with Crippen molar-refractivity contribution >= 4 is 0 Å². The van der Waals surface area contributed by atoms with Crippen LogP contribution < -0.4 is 20.7 Å². The van der Waals surface area contributed by atoms with Gasteiger partial charge in [-0.2, -0.15) is 0 Å². The van der Waals surface area contributed by atoms with Crippen LogP contribution in [0.2, 0.25) is 0 Å². The van der Waals surface area contributed by atoms with Crippen LogP contribution in [0.1, 0.15) is 28.4 Å². The van der Waals surface area contributed by atoms with Crippen LogP contribution in [0, 0.1) is 0 Å². The van der Waals surface area contributed by atoms with Crippen molar-refractivity contribution in [3.05, 3.63) is 128 Å². The van der Waals surface area contributed by atoms with E-state index in [0.717, 1.165) is 16.7 Å². The molecule has 0 saturated carbocycles. The summed E-state index contributed by atoms with van der Waals surface area (Å²) in [5.74, 6) is 1.35. The molecule has 1 fully saturated rings. The summed E-state index contributed by atoms with van der Waals surface area (Å²) >= 11 is 0. The average molecular weight is 547 g/mol. The lowest BCUT2D eigenvalue weighted by Crippen LogP contribution is -2.39. The quantitative estimate of drug-likeness (QED) is 0.234. The summed E-state index contributed by atoms with van der Waals surface area (Å²) in [7, 11) is 3.18. The van der Waals surface area contributed by atoms with E-state index in [1.165, 1.54) is 6.20 Å². The number of methoxy groups -OCH3 is 2. The van der Waals surface area contributed by atoms with E-state index in [1.807, 2.05) is 78.9 Å². The molecule has 4 atom stereocenters. The Balaban J connectivity index is 1.56. The van der Waals surface area contributed by atoms with Gasteiger partial charge in [0.25, 0.3) is 5.56 Å². The third kappa shape index (κ3) is 5.05. The van der Waals surface area contributed by atoms with E-state index in [4.69, 9.17) is 18.9 Å². The highest BCUT2D eigenvalue weighted by Crippen LogP contribution is 2.43. The van der Waals surface area contributed by atoms with Crippen LogP contribution in [-0.2, 0) is 15.1 Å². The zero-order valence-electron chi connectivity index (χ0n) is 21.9. The van der Waals surface area contributed by atoms with Crippen LogP contribution >= 0.6 is 0 Å². The van der Waals surface area contributed by atoms with E-state index in [9.17, 15) is 19.8 Å². The summed E-state index contributed by atoms with van der Waals surface area (Å²) in [4.78, 5) is 28.3. The maximum absolute atomic E-state index is 12.4. The molecule has 208 valence electrons. The first kappa shape index (κ1) is 27.4. The van der Waals surface area contributed by atoms with Crippen molar-refractivity contribution in [2.24, 2.45) is 0 Å². The number of aliphatic hydroxyl groups is 2. The number of aromatic nitrogens is 2. The molecule has 0 spiro atoms. The van der Waals surface area contributed by atoms with E-state index in [0.29, 0.717) is 11.5 Å². The first-order valence-corrected chi connectivity index (χ1v) is 12.7. The van der Waals surface area contributed by atoms with Gasteiger partial charge in [-0.05, 0) is 41.0 Å². The normalized spacial score (nSPS) is 20.8. The van der Waals surface area contributed by atoms with Gasteiger partial charge in [0.1, 0.15) is 41.5 Å². The van der Waals surface area contributed by atoms with Gasteiger partial charge in [-0.1, -0.05) is 54.6 Å². The highest BCUT2D eigenvalue weighted by Gasteiger charge is 2.47. The Hall–Kier alpha value is -4.22. The number of aromatic amines is 2. The zero-order valence-corrected chi connectivity index (χ0v) is 21.9. The standard InChI is InChI=1S/C30H30N2O8/c1-37-21-12-8-19(9-13-21)30(18-6-4-3-5-7-18,20-10-14-22(38-2)15-11-20)39-17-24-25(33)26(34)27(40-24)23-16-31-29(36)32-28(23)35/h3-16,24-27,33-34H,17H2,1-2H3,(H2,31,32,35,36)/t24-,25-,26-,27+/m1/s1. The first-order valence-electron chi connectivity index (χ1n) is 12.7. The minimum absolute atomic E-state index is 0.00622. The van der Waals surface area contributed by atoms with Crippen LogP contribution in [0.4, 0.5) is 0 Å². The first-order chi connectivity index (χ1) is 19.4. The Morgan fingerprint density at radius 1 is 0.800 bits per heavy atom. The fourth-order valence-electron chi connectivity index (χ4n) is 5.06. The molecular weight excluding hydrogens is 516 g/mol. The number of aliphatic hydroxyl groups excluding tert-OH is 2. The number of benzene rings is 3. The topological polar surface area (TPSA) is 143 Å². The molecule has 10 heteroatoms. The van der Waals surface area contributed by atoms with E-state index >= 15 is 0 Å². The van der Waals surface area contributed by atoms with Gasteiger partial charge < -0.3 is 34.1 Å². The molecule has 4 N–H and O–H groups in total. The summed E-state index contributed by atoms with van der Waals surface area (Å²) in [6.45, 7) is -0.150. The maximum Gasteiger partial charge on any atom is 0.325 e. The molecule has 0 bridgehead atoms. The SMILES string of the molecule is COc1ccc(C(OC[C@H]2O[C@@H](c3c[nH]c(=O)[nH]c3=O)[C@H](O)[C@@H]2O)(c2ccccc2)c2ccc(OC)cc2)cc1. The molecule has 10 nitrogen and oxygen atoms in total. The van der Waals surface area contributed by atoms with Gasteiger partial charge in [-0.25, -0.2) is 4.79 Å². The van der Waals surface area contributed by atoms with Gasteiger partial charge in [-0.3, -0.25) is 9.78 Å². The van der Waals surface area contributed by atoms with Gasteiger partial charge in [0, 0.05) is 6.20 Å². The molecular formula is C30H30N2O8. The van der Waals surface area contributed by atoms with E-state index in [-0.39, 0.29) is 12.2 Å². The zero-order chi connectivity index (χ0) is 28.3. The molecule has 40 heavy (non-hydrogen) atoms. The summed E-state index contributed by atoms with van der Waals surface area (Å²) in [6, 6.07) is 24.6. The Bertz CT molecular complexity index is 1490. The molecule has 1 aromatic heterocycles. The average Bonchev–Trinajstić information content (AvgIpc) is 3.27. The largest absolute Gasteiger partial charge is 0.497 e. The summed E-state index contributed by atoms with van der Waals surface area (Å²) in [6.07, 6.45) is -3.78. The predicted molar refractivity (Wildman–Crippen MR) is 146 cm³/mol. The second-order valence-corrected chi connectivity index (χ2v) is 9.42. The van der Waals surface area contributed by atoms with Crippen LogP contribution in [0.5, 0.6) is 11.5 Å². The van der Waals surface area contributed by atoms with Crippen LogP contribution in [0.3, 0.4) is 0 Å². The van der Waals surface area contributed by atoms with Crippen molar-refractivity contribution in [2.45, 2.75) is 30.0 Å². The maximum atomic E-state index is 12.4. The smallest absolute Gasteiger partial charge is 0.325 e. The van der Waals surface area contributed by atoms with Crippen LogP contribution in [-0.4, -0.2) is 59.3 Å².